The van der Waals surface area contributed by atoms with Crippen LogP contribution in [0.15, 0.2) is 27.8 Å². The second-order valence-electron chi connectivity index (χ2n) is 4.33. The molecule has 0 saturated heterocycles. The van der Waals surface area contributed by atoms with Crippen molar-refractivity contribution < 1.29 is 14.3 Å². The first-order chi connectivity index (χ1) is 9.60. The first kappa shape index (κ1) is 14.5. The van der Waals surface area contributed by atoms with E-state index in [0.717, 1.165) is 17.3 Å². The summed E-state index contributed by atoms with van der Waals surface area (Å²) >= 11 is 3.33. The standard InChI is InChI=1S/C13H14BrN3O3/c1-20-11-5-2-9(14)6-8(11)7-15-17-13(19)12(18)16-10-3-4-10/h2,5-7,10H,3-4H2,1H3,(H,16,18)(H,17,19)/b15-7-. The summed E-state index contributed by atoms with van der Waals surface area (Å²) in [5, 5.41) is 6.33. The highest BCUT2D eigenvalue weighted by atomic mass is 79.9. The van der Waals surface area contributed by atoms with Gasteiger partial charge in [0.2, 0.25) is 0 Å². The average Bonchev–Trinajstić information content (AvgIpc) is 3.22. The zero-order valence-electron chi connectivity index (χ0n) is 10.9. The van der Waals surface area contributed by atoms with Crippen LogP contribution in [-0.4, -0.2) is 31.2 Å². The summed E-state index contributed by atoms with van der Waals surface area (Å²) in [6.45, 7) is 0. The Labute approximate surface area is 124 Å². The second kappa shape index (κ2) is 6.51. The lowest BCUT2D eigenvalue weighted by atomic mass is 10.2. The molecule has 7 heteroatoms. The zero-order chi connectivity index (χ0) is 14.5. The number of nitrogens with zero attached hydrogens (tertiary/aromatic N) is 1. The van der Waals surface area contributed by atoms with Crippen molar-refractivity contribution in [2.24, 2.45) is 5.10 Å². The van der Waals surface area contributed by atoms with E-state index in [9.17, 15) is 9.59 Å². The Morgan fingerprint density at radius 1 is 1.40 bits per heavy atom. The van der Waals surface area contributed by atoms with Crippen LogP contribution < -0.4 is 15.5 Å². The van der Waals surface area contributed by atoms with Crippen molar-refractivity contribution in [2.75, 3.05) is 7.11 Å². The number of carbonyl (C=O) groups is 2. The number of rotatable bonds is 4. The van der Waals surface area contributed by atoms with Crippen LogP contribution in [0.4, 0.5) is 0 Å². The third kappa shape index (κ3) is 4.06. The van der Waals surface area contributed by atoms with Gasteiger partial charge in [-0.25, -0.2) is 5.43 Å². The Kier molecular flexibility index (Phi) is 4.73. The first-order valence-corrected chi connectivity index (χ1v) is 6.87. The number of hydrazone groups is 1. The molecule has 2 amide bonds. The van der Waals surface area contributed by atoms with Crippen LogP contribution in [0, 0.1) is 0 Å². The number of halogens is 1. The number of carbonyl (C=O) groups excluding carboxylic acids is 2. The Morgan fingerprint density at radius 2 is 2.15 bits per heavy atom. The van der Waals surface area contributed by atoms with E-state index in [1.54, 1.807) is 19.2 Å². The predicted molar refractivity (Wildman–Crippen MR) is 77.6 cm³/mol. The lowest BCUT2D eigenvalue weighted by Crippen LogP contribution is -2.38. The highest BCUT2D eigenvalue weighted by molar-refractivity contribution is 9.10. The van der Waals surface area contributed by atoms with Gasteiger partial charge in [0.1, 0.15) is 5.75 Å². The summed E-state index contributed by atoms with van der Waals surface area (Å²) in [5.74, 6) is -0.818. The van der Waals surface area contributed by atoms with Crippen LogP contribution in [0.2, 0.25) is 0 Å². The van der Waals surface area contributed by atoms with E-state index in [2.05, 4.69) is 31.8 Å². The molecule has 6 nitrogen and oxygen atoms in total. The largest absolute Gasteiger partial charge is 0.496 e. The van der Waals surface area contributed by atoms with Gasteiger partial charge in [-0.15, -0.1) is 0 Å². The molecule has 1 aliphatic rings. The molecular weight excluding hydrogens is 326 g/mol. The molecule has 1 saturated carbocycles. The van der Waals surface area contributed by atoms with Crippen molar-refractivity contribution >= 4 is 34.0 Å². The molecule has 0 unspecified atom stereocenters. The van der Waals surface area contributed by atoms with Gasteiger partial charge >= 0.3 is 11.8 Å². The van der Waals surface area contributed by atoms with Crippen molar-refractivity contribution in [1.29, 1.82) is 0 Å². The molecule has 1 aromatic carbocycles. The summed E-state index contributed by atoms with van der Waals surface area (Å²) < 4.78 is 6.02. The van der Waals surface area contributed by atoms with Crippen molar-refractivity contribution in [3.05, 3.63) is 28.2 Å². The molecule has 0 atom stereocenters. The third-order valence-electron chi connectivity index (χ3n) is 2.68. The first-order valence-electron chi connectivity index (χ1n) is 6.07. The molecule has 1 fully saturated rings. The SMILES string of the molecule is COc1ccc(Br)cc1/C=N\NC(=O)C(=O)NC1CC1. The molecule has 2 N–H and O–H groups in total. The fourth-order valence-corrected chi connectivity index (χ4v) is 1.87. The summed E-state index contributed by atoms with van der Waals surface area (Å²) in [6.07, 6.45) is 3.28. The van der Waals surface area contributed by atoms with Gasteiger partial charge in [-0.05, 0) is 31.0 Å². The quantitative estimate of drug-likeness (QED) is 0.491. The van der Waals surface area contributed by atoms with E-state index < -0.39 is 11.8 Å². The molecule has 0 bridgehead atoms. The molecular formula is C13H14BrN3O3. The van der Waals surface area contributed by atoms with E-state index in [4.69, 9.17) is 4.74 Å². The van der Waals surface area contributed by atoms with Gasteiger partial charge in [0.15, 0.2) is 0 Å². The van der Waals surface area contributed by atoms with Crippen LogP contribution in [0.3, 0.4) is 0 Å². The average molecular weight is 340 g/mol. The van der Waals surface area contributed by atoms with Crippen molar-refractivity contribution in [2.45, 2.75) is 18.9 Å². The summed E-state index contributed by atoms with van der Waals surface area (Å²) in [6, 6.07) is 5.53. The van der Waals surface area contributed by atoms with Gasteiger partial charge in [0, 0.05) is 16.1 Å². The fourth-order valence-electron chi connectivity index (χ4n) is 1.50. The number of hydrogen-bond acceptors (Lipinski definition) is 4. The maximum Gasteiger partial charge on any atom is 0.329 e. The van der Waals surface area contributed by atoms with Gasteiger partial charge in [-0.1, -0.05) is 15.9 Å². The summed E-state index contributed by atoms with van der Waals surface area (Å²) in [7, 11) is 1.54. The van der Waals surface area contributed by atoms with Crippen LogP contribution in [0.1, 0.15) is 18.4 Å². The van der Waals surface area contributed by atoms with Gasteiger partial charge in [-0.2, -0.15) is 5.10 Å². The number of ether oxygens (including phenoxy) is 1. The molecule has 20 heavy (non-hydrogen) atoms. The lowest BCUT2D eigenvalue weighted by Gasteiger charge is -2.04. The Balaban J connectivity index is 1.93. The van der Waals surface area contributed by atoms with Gasteiger partial charge in [-0.3, -0.25) is 9.59 Å². The number of methoxy groups -OCH3 is 1. The fraction of sp³-hybridized carbons (Fsp3) is 0.308. The van der Waals surface area contributed by atoms with E-state index >= 15 is 0 Å². The van der Waals surface area contributed by atoms with Crippen LogP contribution in [0.5, 0.6) is 5.75 Å². The monoisotopic (exact) mass is 339 g/mol. The van der Waals surface area contributed by atoms with Crippen LogP contribution in [0.25, 0.3) is 0 Å². The normalized spacial score (nSPS) is 14.1. The van der Waals surface area contributed by atoms with Crippen LogP contribution >= 0.6 is 15.9 Å². The van der Waals surface area contributed by atoms with Crippen molar-refractivity contribution in [1.82, 2.24) is 10.7 Å². The number of amides is 2. The molecule has 0 spiro atoms. The minimum atomic E-state index is -0.776. The van der Waals surface area contributed by atoms with Gasteiger partial charge < -0.3 is 10.1 Å². The van der Waals surface area contributed by atoms with E-state index in [0.29, 0.717) is 11.3 Å². The molecule has 0 radical (unpaired) electrons. The highest BCUT2D eigenvalue weighted by Crippen LogP contribution is 2.21. The molecule has 0 aliphatic heterocycles. The molecule has 2 rings (SSSR count). The summed E-state index contributed by atoms with van der Waals surface area (Å²) in [4.78, 5) is 22.8. The van der Waals surface area contributed by atoms with Crippen molar-refractivity contribution in [3.63, 3.8) is 0 Å². The van der Waals surface area contributed by atoms with Gasteiger partial charge in [0.05, 0.1) is 13.3 Å². The minimum Gasteiger partial charge on any atom is -0.496 e. The Morgan fingerprint density at radius 3 is 2.80 bits per heavy atom. The second-order valence-corrected chi connectivity index (χ2v) is 5.25. The number of hydrogen-bond donors (Lipinski definition) is 2. The zero-order valence-corrected chi connectivity index (χ0v) is 12.4. The topological polar surface area (TPSA) is 79.8 Å². The number of nitrogens with one attached hydrogen (secondary N) is 2. The molecule has 1 aromatic rings. The summed E-state index contributed by atoms with van der Waals surface area (Å²) in [5.41, 5.74) is 2.87. The third-order valence-corrected chi connectivity index (χ3v) is 3.17. The highest BCUT2D eigenvalue weighted by Gasteiger charge is 2.26. The molecule has 0 heterocycles. The predicted octanol–water partition coefficient (Wildman–Crippen LogP) is 1.19. The van der Waals surface area contributed by atoms with E-state index in [1.165, 1.54) is 6.21 Å². The molecule has 106 valence electrons. The minimum absolute atomic E-state index is 0.141. The number of benzene rings is 1. The van der Waals surface area contributed by atoms with E-state index in [-0.39, 0.29) is 6.04 Å². The maximum absolute atomic E-state index is 11.4. The smallest absolute Gasteiger partial charge is 0.329 e. The maximum atomic E-state index is 11.4. The molecule has 1 aliphatic carbocycles. The Hall–Kier alpha value is -1.89. The van der Waals surface area contributed by atoms with E-state index in [1.807, 2.05) is 6.07 Å². The Bertz CT molecular complexity index is 556. The molecule has 0 aromatic heterocycles. The van der Waals surface area contributed by atoms with Gasteiger partial charge in [0.25, 0.3) is 0 Å². The van der Waals surface area contributed by atoms with Crippen LogP contribution in [-0.2, 0) is 9.59 Å². The van der Waals surface area contributed by atoms with Crippen molar-refractivity contribution in [3.8, 4) is 5.75 Å². The lowest BCUT2D eigenvalue weighted by molar-refractivity contribution is -0.139.